The molecule has 1 N–H and O–H groups in total. The lowest BCUT2D eigenvalue weighted by Gasteiger charge is -2.36. The second-order valence-corrected chi connectivity index (χ2v) is 7.53. The first kappa shape index (κ1) is 19.5. The van der Waals surface area contributed by atoms with Crippen LogP contribution >= 0.6 is 0 Å². The number of likely N-dealkylation sites (tertiary alicyclic amines) is 1. The number of ether oxygens (including phenoxy) is 2. The molecular formula is C19H30N2O4. The Kier molecular flexibility index (Phi) is 7.05. The summed E-state index contributed by atoms with van der Waals surface area (Å²) in [7, 11) is 0. The van der Waals surface area contributed by atoms with E-state index in [0.717, 1.165) is 38.6 Å². The Balaban J connectivity index is 1.70. The predicted molar refractivity (Wildman–Crippen MR) is 95.8 cm³/mol. The highest BCUT2D eigenvalue weighted by atomic mass is 16.6. The fourth-order valence-corrected chi connectivity index (χ4v) is 3.03. The van der Waals surface area contributed by atoms with Gasteiger partial charge in [-0.25, -0.2) is 4.79 Å². The number of piperidine rings is 1. The van der Waals surface area contributed by atoms with Gasteiger partial charge in [0, 0.05) is 25.4 Å². The van der Waals surface area contributed by atoms with Crippen molar-refractivity contribution in [1.29, 1.82) is 0 Å². The summed E-state index contributed by atoms with van der Waals surface area (Å²) in [6.07, 6.45) is 6.35. The van der Waals surface area contributed by atoms with E-state index in [4.69, 9.17) is 9.47 Å². The number of rotatable bonds is 7. The summed E-state index contributed by atoms with van der Waals surface area (Å²) in [5.74, 6) is -0.0435. The van der Waals surface area contributed by atoms with Crippen molar-refractivity contribution >= 4 is 11.9 Å². The molecule has 1 atom stereocenters. The van der Waals surface area contributed by atoms with Gasteiger partial charge in [0.05, 0.1) is 5.69 Å². The average Bonchev–Trinajstić information content (AvgIpc) is 3.07. The monoisotopic (exact) mass is 350 g/mol. The largest absolute Gasteiger partial charge is 0.444 e. The van der Waals surface area contributed by atoms with Gasteiger partial charge in [0.2, 0.25) is 5.78 Å². The number of nitrogens with one attached hydrogen (secondary N) is 1. The molecule has 25 heavy (non-hydrogen) atoms. The van der Waals surface area contributed by atoms with Gasteiger partial charge in [-0.05, 0) is 65.0 Å². The van der Waals surface area contributed by atoms with Gasteiger partial charge in [-0.3, -0.25) is 4.79 Å². The van der Waals surface area contributed by atoms with E-state index in [1.807, 2.05) is 25.7 Å². The lowest BCUT2D eigenvalue weighted by molar-refractivity contribution is 0.00759. The van der Waals surface area contributed by atoms with Crippen molar-refractivity contribution in [3.8, 4) is 0 Å². The molecule has 6 nitrogen and oxygen atoms in total. The van der Waals surface area contributed by atoms with E-state index in [1.165, 1.54) is 0 Å². The second-order valence-electron chi connectivity index (χ2n) is 7.53. The molecule has 0 bridgehead atoms. The van der Waals surface area contributed by atoms with Gasteiger partial charge < -0.3 is 19.4 Å². The molecule has 6 heteroatoms. The number of carbonyl (C=O) groups excluding carboxylic acids is 2. The van der Waals surface area contributed by atoms with Gasteiger partial charge in [-0.2, -0.15) is 0 Å². The summed E-state index contributed by atoms with van der Waals surface area (Å²) in [4.78, 5) is 28.9. The predicted octanol–water partition coefficient (Wildman–Crippen LogP) is 3.78. The number of aromatic nitrogens is 1. The Hall–Kier alpha value is -1.82. The van der Waals surface area contributed by atoms with Crippen LogP contribution < -0.4 is 0 Å². The quantitative estimate of drug-likeness (QED) is 0.600. The van der Waals surface area contributed by atoms with Crippen LogP contribution in [0.2, 0.25) is 0 Å². The van der Waals surface area contributed by atoms with E-state index in [2.05, 4.69) is 4.98 Å². The molecule has 1 aromatic heterocycles. The molecule has 1 saturated heterocycles. The SMILES string of the molecule is CC(C)(C)OC(=O)N1CCCC[C@@H]1CCCOCC(=O)c1ccc[nH]1. The number of hydrogen-bond acceptors (Lipinski definition) is 4. The molecule has 2 rings (SSSR count). The third-order valence-electron chi connectivity index (χ3n) is 4.21. The maximum absolute atomic E-state index is 12.4. The third-order valence-corrected chi connectivity index (χ3v) is 4.21. The van der Waals surface area contributed by atoms with Crippen LogP contribution in [0.4, 0.5) is 4.79 Å². The van der Waals surface area contributed by atoms with Crippen LogP contribution in [-0.4, -0.2) is 53.2 Å². The number of Topliss-reactive ketones (excluding diaryl/α,β-unsaturated/α-hetero) is 1. The Morgan fingerprint density at radius 1 is 1.32 bits per heavy atom. The summed E-state index contributed by atoms with van der Waals surface area (Å²) in [6.45, 7) is 7.02. The van der Waals surface area contributed by atoms with E-state index in [9.17, 15) is 9.59 Å². The second kappa shape index (κ2) is 9.04. The number of amides is 1. The first-order chi connectivity index (χ1) is 11.9. The van der Waals surface area contributed by atoms with Crippen molar-refractivity contribution in [3.63, 3.8) is 0 Å². The molecule has 140 valence electrons. The Morgan fingerprint density at radius 3 is 2.80 bits per heavy atom. The minimum absolute atomic E-state index is 0.0435. The molecule has 1 aliphatic heterocycles. The van der Waals surface area contributed by atoms with Crippen molar-refractivity contribution in [2.45, 2.75) is 64.5 Å². The van der Waals surface area contributed by atoms with Crippen molar-refractivity contribution in [3.05, 3.63) is 24.0 Å². The lowest BCUT2D eigenvalue weighted by atomic mass is 9.98. The normalized spacial score (nSPS) is 18.2. The number of ketones is 1. The molecule has 1 amide bonds. The summed E-state index contributed by atoms with van der Waals surface area (Å²) in [6, 6.07) is 3.74. The Bertz CT molecular complexity index is 548. The van der Waals surface area contributed by atoms with Crippen LogP contribution in [-0.2, 0) is 9.47 Å². The van der Waals surface area contributed by atoms with Gasteiger partial charge in [0.15, 0.2) is 0 Å². The third kappa shape index (κ3) is 6.53. The zero-order chi connectivity index (χ0) is 18.3. The van der Waals surface area contributed by atoms with Gasteiger partial charge in [0.25, 0.3) is 0 Å². The standard InChI is InChI=1S/C19H30N2O4/c1-19(2,3)25-18(23)21-12-5-4-8-15(21)9-7-13-24-14-17(22)16-10-6-11-20-16/h6,10-11,15,20H,4-5,7-9,12-14H2,1-3H3/t15-/m1/s1. The van der Waals surface area contributed by atoms with Gasteiger partial charge in [0.1, 0.15) is 12.2 Å². The van der Waals surface area contributed by atoms with E-state index >= 15 is 0 Å². The molecule has 0 spiro atoms. The number of H-pyrrole nitrogens is 1. The summed E-state index contributed by atoms with van der Waals surface area (Å²) < 4.78 is 11.0. The van der Waals surface area contributed by atoms with Crippen molar-refractivity contribution in [2.24, 2.45) is 0 Å². The van der Waals surface area contributed by atoms with E-state index in [1.54, 1.807) is 18.3 Å². The fourth-order valence-electron chi connectivity index (χ4n) is 3.03. The molecule has 1 aliphatic rings. The summed E-state index contributed by atoms with van der Waals surface area (Å²) in [5, 5.41) is 0. The molecule has 0 aliphatic carbocycles. The van der Waals surface area contributed by atoms with Gasteiger partial charge in [-0.15, -0.1) is 0 Å². The van der Waals surface area contributed by atoms with E-state index < -0.39 is 5.60 Å². The molecule has 1 aromatic rings. The van der Waals surface area contributed by atoms with Crippen LogP contribution in [0.25, 0.3) is 0 Å². The highest BCUT2D eigenvalue weighted by Crippen LogP contribution is 2.23. The van der Waals surface area contributed by atoms with Crippen LogP contribution in [0.3, 0.4) is 0 Å². The summed E-state index contributed by atoms with van der Waals surface area (Å²) in [5.41, 5.74) is 0.101. The topological polar surface area (TPSA) is 71.6 Å². The van der Waals surface area contributed by atoms with Crippen LogP contribution in [0, 0.1) is 0 Å². The summed E-state index contributed by atoms with van der Waals surface area (Å²) >= 11 is 0. The van der Waals surface area contributed by atoms with Crippen LogP contribution in [0.15, 0.2) is 18.3 Å². The number of aromatic amines is 1. The van der Waals surface area contributed by atoms with Crippen molar-refractivity contribution < 1.29 is 19.1 Å². The number of carbonyl (C=O) groups is 2. The Labute approximate surface area is 149 Å². The van der Waals surface area contributed by atoms with Crippen LogP contribution in [0.5, 0.6) is 0 Å². The molecule has 2 heterocycles. The Morgan fingerprint density at radius 2 is 2.12 bits per heavy atom. The maximum Gasteiger partial charge on any atom is 0.410 e. The smallest absolute Gasteiger partial charge is 0.410 e. The zero-order valence-electron chi connectivity index (χ0n) is 15.5. The molecule has 1 fully saturated rings. The van der Waals surface area contributed by atoms with Crippen molar-refractivity contribution in [1.82, 2.24) is 9.88 Å². The first-order valence-electron chi connectivity index (χ1n) is 9.11. The highest BCUT2D eigenvalue weighted by molar-refractivity contribution is 5.95. The molecule has 0 aromatic carbocycles. The minimum atomic E-state index is -0.472. The highest BCUT2D eigenvalue weighted by Gasteiger charge is 2.29. The maximum atomic E-state index is 12.4. The number of nitrogens with zero attached hydrogens (tertiary/aromatic N) is 1. The lowest BCUT2D eigenvalue weighted by Crippen LogP contribution is -2.46. The number of hydrogen-bond donors (Lipinski definition) is 1. The molecule has 0 radical (unpaired) electrons. The van der Waals surface area contributed by atoms with Crippen LogP contribution in [0.1, 0.15) is 63.4 Å². The fraction of sp³-hybridized carbons (Fsp3) is 0.684. The molecular weight excluding hydrogens is 320 g/mol. The van der Waals surface area contributed by atoms with Gasteiger partial charge >= 0.3 is 6.09 Å². The van der Waals surface area contributed by atoms with E-state index in [0.29, 0.717) is 12.3 Å². The molecule has 0 saturated carbocycles. The van der Waals surface area contributed by atoms with E-state index in [-0.39, 0.29) is 24.5 Å². The first-order valence-corrected chi connectivity index (χ1v) is 9.11. The minimum Gasteiger partial charge on any atom is -0.444 e. The molecule has 0 unspecified atom stereocenters. The zero-order valence-corrected chi connectivity index (χ0v) is 15.5. The van der Waals surface area contributed by atoms with Crippen molar-refractivity contribution in [2.75, 3.05) is 19.8 Å². The van der Waals surface area contributed by atoms with Gasteiger partial charge in [-0.1, -0.05) is 0 Å². The average molecular weight is 350 g/mol.